The number of esters is 1. The Morgan fingerprint density at radius 1 is 1.19 bits per heavy atom. The van der Waals surface area contributed by atoms with Crippen LogP contribution in [0.1, 0.15) is 41.7 Å². The van der Waals surface area contributed by atoms with Gasteiger partial charge in [-0.15, -0.1) is 0 Å². The van der Waals surface area contributed by atoms with Gasteiger partial charge in [-0.2, -0.15) is 0 Å². The highest BCUT2D eigenvalue weighted by Gasteiger charge is 2.31. The molecule has 4 rings (SSSR count). The van der Waals surface area contributed by atoms with Crippen LogP contribution in [0.25, 0.3) is 0 Å². The third-order valence-corrected chi connectivity index (χ3v) is 6.70. The molecule has 2 fully saturated rings. The summed E-state index contributed by atoms with van der Waals surface area (Å²) < 4.78 is 43.9. The number of ether oxygens (including phenoxy) is 2. The topological polar surface area (TPSA) is 88.4 Å². The van der Waals surface area contributed by atoms with Gasteiger partial charge in [-0.25, -0.2) is 13.8 Å². The van der Waals surface area contributed by atoms with Crippen LogP contribution >= 0.6 is 0 Å². The molecule has 1 amide bonds. The Hall–Kier alpha value is -2.89. The zero-order chi connectivity index (χ0) is 26.2. The molecular formula is C26H34F2N4O5. The van der Waals surface area contributed by atoms with Crippen LogP contribution in [-0.4, -0.2) is 90.6 Å². The van der Waals surface area contributed by atoms with Crippen molar-refractivity contribution in [3.8, 4) is 0 Å². The Kier molecular flexibility index (Phi) is 9.59. The summed E-state index contributed by atoms with van der Waals surface area (Å²) in [5.74, 6) is -1.84. The summed E-state index contributed by atoms with van der Waals surface area (Å²) in [5, 5.41) is 0. The van der Waals surface area contributed by atoms with Crippen LogP contribution in [0.2, 0.25) is 0 Å². The van der Waals surface area contributed by atoms with E-state index in [1.807, 2.05) is 4.90 Å². The van der Waals surface area contributed by atoms with Gasteiger partial charge in [-0.05, 0) is 25.8 Å². The van der Waals surface area contributed by atoms with Crippen LogP contribution in [0.4, 0.5) is 8.78 Å². The van der Waals surface area contributed by atoms with E-state index in [9.17, 15) is 18.4 Å². The number of benzene rings is 1. The fraction of sp³-hybridized carbons (Fsp3) is 0.577. The van der Waals surface area contributed by atoms with Crippen LogP contribution in [-0.2, 0) is 27.4 Å². The molecule has 1 aromatic heterocycles. The number of hydrogen-bond donors (Lipinski definition) is 0. The Morgan fingerprint density at radius 3 is 2.76 bits per heavy atom. The summed E-state index contributed by atoms with van der Waals surface area (Å²) in [7, 11) is 0. The minimum Gasteiger partial charge on any atom is -0.466 e. The first-order chi connectivity index (χ1) is 17.9. The van der Waals surface area contributed by atoms with Crippen molar-refractivity contribution in [1.29, 1.82) is 0 Å². The predicted octanol–water partition coefficient (Wildman–Crippen LogP) is 2.70. The zero-order valence-electron chi connectivity index (χ0n) is 21.2. The van der Waals surface area contributed by atoms with Crippen LogP contribution in [0.3, 0.4) is 0 Å². The van der Waals surface area contributed by atoms with E-state index in [0.717, 1.165) is 25.7 Å². The van der Waals surface area contributed by atoms with Gasteiger partial charge in [0.25, 0.3) is 5.91 Å². The average molecular weight is 521 g/mol. The van der Waals surface area contributed by atoms with E-state index in [2.05, 4.69) is 9.88 Å². The molecule has 11 heteroatoms. The second-order valence-corrected chi connectivity index (χ2v) is 9.37. The molecule has 0 bridgehead atoms. The first-order valence-corrected chi connectivity index (χ1v) is 12.8. The van der Waals surface area contributed by atoms with E-state index >= 15 is 0 Å². The highest BCUT2D eigenvalue weighted by Crippen LogP contribution is 2.21. The maximum Gasteiger partial charge on any atom is 0.310 e. The lowest BCUT2D eigenvalue weighted by atomic mass is 9.98. The SMILES string of the molecule is CCOC(=O)C1CCCN(C(=O)c2coc(CN(CCN3CCOCC3)Cc3ccc(F)cc3F)n2)C1. The van der Waals surface area contributed by atoms with Gasteiger partial charge in [0.15, 0.2) is 5.69 Å². The third kappa shape index (κ3) is 7.56. The lowest BCUT2D eigenvalue weighted by Gasteiger charge is -2.30. The van der Waals surface area contributed by atoms with E-state index in [1.54, 1.807) is 11.8 Å². The van der Waals surface area contributed by atoms with Crippen molar-refractivity contribution < 1.29 is 32.3 Å². The van der Waals surface area contributed by atoms with Crippen molar-refractivity contribution in [3.05, 3.63) is 53.2 Å². The molecule has 0 N–H and O–H groups in total. The van der Waals surface area contributed by atoms with Gasteiger partial charge in [0.05, 0.1) is 32.3 Å². The van der Waals surface area contributed by atoms with E-state index in [4.69, 9.17) is 13.9 Å². The summed E-state index contributed by atoms with van der Waals surface area (Å²) in [6.45, 7) is 7.68. The van der Waals surface area contributed by atoms with E-state index < -0.39 is 11.6 Å². The minimum absolute atomic E-state index is 0.167. The molecule has 9 nitrogen and oxygen atoms in total. The molecule has 0 spiro atoms. The van der Waals surface area contributed by atoms with Gasteiger partial charge >= 0.3 is 5.97 Å². The third-order valence-electron chi connectivity index (χ3n) is 6.70. The van der Waals surface area contributed by atoms with E-state index in [1.165, 1.54) is 18.4 Å². The number of morpholine rings is 1. The van der Waals surface area contributed by atoms with Gasteiger partial charge < -0.3 is 18.8 Å². The molecule has 202 valence electrons. The number of carbonyl (C=O) groups is 2. The fourth-order valence-corrected chi connectivity index (χ4v) is 4.66. The zero-order valence-corrected chi connectivity index (χ0v) is 21.2. The second kappa shape index (κ2) is 13.1. The van der Waals surface area contributed by atoms with Crippen LogP contribution in [0.5, 0.6) is 0 Å². The summed E-state index contributed by atoms with van der Waals surface area (Å²) in [4.78, 5) is 35.4. The molecular weight excluding hydrogens is 486 g/mol. The van der Waals surface area contributed by atoms with Crippen molar-refractivity contribution in [2.24, 2.45) is 5.92 Å². The van der Waals surface area contributed by atoms with Gasteiger partial charge in [0.1, 0.15) is 17.9 Å². The number of hydrogen-bond acceptors (Lipinski definition) is 8. The number of nitrogens with zero attached hydrogens (tertiary/aromatic N) is 4. The quantitative estimate of drug-likeness (QED) is 0.442. The fourth-order valence-electron chi connectivity index (χ4n) is 4.66. The van der Waals surface area contributed by atoms with Crippen molar-refractivity contribution in [2.75, 3.05) is 59.1 Å². The largest absolute Gasteiger partial charge is 0.466 e. The van der Waals surface area contributed by atoms with E-state index in [-0.39, 0.29) is 43.1 Å². The molecule has 2 aliphatic heterocycles. The molecule has 3 heterocycles. The predicted molar refractivity (Wildman–Crippen MR) is 129 cm³/mol. The Morgan fingerprint density at radius 2 is 2.00 bits per heavy atom. The standard InChI is InChI=1S/C26H34F2N4O5/c1-2-36-26(34)20-4-3-7-32(16-20)25(33)23-18-37-24(29-23)17-31(9-8-30-10-12-35-13-11-30)15-19-5-6-21(27)14-22(19)28/h5-6,14,18,20H,2-4,7-13,15-17H2,1H3. The number of oxazole rings is 1. The first kappa shape index (κ1) is 27.2. The van der Waals surface area contributed by atoms with Crippen molar-refractivity contribution in [3.63, 3.8) is 0 Å². The molecule has 2 saturated heterocycles. The number of rotatable bonds is 10. The summed E-state index contributed by atoms with van der Waals surface area (Å²) >= 11 is 0. The van der Waals surface area contributed by atoms with Gasteiger partial charge in [-0.3, -0.25) is 19.4 Å². The van der Waals surface area contributed by atoms with Crippen LogP contribution in [0, 0.1) is 17.6 Å². The first-order valence-electron chi connectivity index (χ1n) is 12.8. The number of carbonyl (C=O) groups excluding carboxylic acids is 2. The molecule has 2 aliphatic rings. The van der Waals surface area contributed by atoms with Crippen molar-refractivity contribution in [2.45, 2.75) is 32.9 Å². The number of likely N-dealkylation sites (tertiary alicyclic amines) is 1. The molecule has 0 radical (unpaired) electrons. The molecule has 1 atom stereocenters. The van der Waals surface area contributed by atoms with Gasteiger partial charge in [0.2, 0.25) is 5.89 Å². The van der Waals surface area contributed by atoms with Crippen molar-refractivity contribution >= 4 is 11.9 Å². The average Bonchev–Trinajstić information content (AvgIpc) is 3.37. The summed E-state index contributed by atoms with van der Waals surface area (Å²) in [6, 6.07) is 3.55. The van der Waals surface area contributed by atoms with Gasteiger partial charge in [0, 0.05) is 57.4 Å². The monoisotopic (exact) mass is 520 g/mol. The van der Waals surface area contributed by atoms with Crippen molar-refractivity contribution in [1.82, 2.24) is 19.7 Å². The van der Waals surface area contributed by atoms with Gasteiger partial charge in [-0.1, -0.05) is 6.07 Å². The maximum atomic E-state index is 14.4. The molecule has 37 heavy (non-hydrogen) atoms. The van der Waals surface area contributed by atoms with Crippen LogP contribution in [0.15, 0.2) is 28.9 Å². The maximum absolute atomic E-state index is 14.4. The highest BCUT2D eigenvalue weighted by atomic mass is 19.1. The smallest absolute Gasteiger partial charge is 0.310 e. The lowest BCUT2D eigenvalue weighted by molar-refractivity contribution is -0.149. The molecule has 0 aliphatic carbocycles. The summed E-state index contributed by atoms with van der Waals surface area (Å²) in [6.07, 6.45) is 2.72. The molecule has 2 aromatic rings. The second-order valence-electron chi connectivity index (χ2n) is 9.37. The number of piperidine rings is 1. The molecule has 0 saturated carbocycles. The lowest BCUT2D eigenvalue weighted by Crippen LogP contribution is -2.43. The Bertz CT molecular complexity index is 1060. The normalized spacial score (nSPS) is 18.8. The number of aromatic nitrogens is 1. The molecule has 1 unspecified atom stereocenters. The minimum atomic E-state index is -0.625. The number of amides is 1. The Balaban J connectivity index is 1.41. The number of halogens is 2. The van der Waals surface area contributed by atoms with E-state index in [0.29, 0.717) is 57.2 Å². The molecule has 1 aromatic carbocycles. The van der Waals surface area contributed by atoms with Crippen LogP contribution < -0.4 is 0 Å². The summed E-state index contributed by atoms with van der Waals surface area (Å²) in [5.41, 5.74) is 0.533. The Labute approximate surface area is 215 Å². The highest BCUT2D eigenvalue weighted by molar-refractivity contribution is 5.92.